The Balaban J connectivity index is 0.000000454. The van der Waals surface area contributed by atoms with Crippen LogP contribution in [0, 0.1) is 12.8 Å². The van der Waals surface area contributed by atoms with Crippen LogP contribution in [0.15, 0.2) is 77.6 Å². The number of fused-ring (bicyclic) bond motifs is 1. The van der Waals surface area contributed by atoms with E-state index in [4.69, 9.17) is 14.9 Å². The molecule has 0 aliphatic carbocycles. The van der Waals surface area contributed by atoms with Gasteiger partial charge in [0.1, 0.15) is 11.5 Å². The van der Waals surface area contributed by atoms with E-state index in [1.807, 2.05) is 78.2 Å². The van der Waals surface area contributed by atoms with E-state index in [-0.39, 0.29) is 5.43 Å². The van der Waals surface area contributed by atoms with Gasteiger partial charge in [-0.3, -0.25) is 9.36 Å². The number of nitrogens with one attached hydrogen (secondary N) is 1. The Hall–Kier alpha value is -4.14. The molecule has 0 saturated carbocycles. The van der Waals surface area contributed by atoms with Gasteiger partial charge in [0.05, 0.1) is 5.39 Å². The van der Waals surface area contributed by atoms with E-state index < -0.39 is 12.1 Å². The average molecular weight is 498 g/mol. The summed E-state index contributed by atoms with van der Waals surface area (Å²) in [7, 11) is 0. The Morgan fingerprint density at radius 1 is 1.03 bits per heavy atom. The minimum Gasteiger partial charge on any atom is -0.475 e. The van der Waals surface area contributed by atoms with Gasteiger partial charge in [0.15, 0.2) is 5.43 Å². The van der Waals surface area contributed by atoms with Gasteiger partial charge in [0.25, 0.3) is 0 Å². The fourth-order valence-corrected chi connectivity index (χ4v) is 3.61. The number of hydrogen-bond donors (Lipinski definition) is 2. The topological polar surface area (TPSA) is 84.2 Å². The lowest BCUT2D eigenvalue weighted by Gasteiger charge is -2.19. The Kier molecular flexibility index (Phi) is 8.14. The zero-order valence-electron chi connectivity index (χ0n) is 20.0. The summed E-state index contributed by atoms with van der Waals surface area (Å²) < 4.78 is 33.8. The van der Waals surface area contributed by atoms with Crippen molar-refractivity contribution in [3.05, 3.63) is 94.3 Å². The molecule has 0 spiro atoms. The second-order valence-electron chi connectivity index (χ2n) is 8.56. The van der Waals surface area contributed by atoms with Crippen LogP contribution in [0.25, 0.3) is 16.7 Å². The first-order chi connectivity index (χ1) is 17.0. The molecule has 0 saturated heterocycles. The Morgan fingerprint density at radius 2 is 1.58 bits per heavy atom. The second-order valence-corrected chi connectivity index (χ2v) is 8.56. The predicted molar refractivity (Wildman–Crippen MR) is 134 cm³/mol. The van der Waals surface area contributed by atoms with Crippen LogP contribution in [-0.4, -0.2) is 26.8 Å². The molecule has 2 N–H and O–H groups in total. The minimum absolute atomic E-state index is 0.0249. The van der Waals surface area contributed by atoms with Gasteiger partial charge >= 0.3 is 12.1 Å². The van der Waals surface area contributed by atoms with Gasteiger partial charge < -0.3 is 10.4 Å². The third-order valence-electron chi connectivity index (χ3n) is 5.22. The summed E-state index contributed by atoms with van der Waals surface area (Å²) in [6.45, 7) is 6.38. The third kappa shape index (κ3) is 6.50. The van der Waals surface area contributed by atoms with Crippen LogP contribution in [-0.2, 0) is 11.2 Å². The maximum absolute atomic E-state index is 13.0. The fourth-order valence-electron chi connectivity index (χ4n) is 3.61. The highest BCUT2D eigenvalue weighted by Crippen LogP contribution is 2.26. The van der Waals surface area contributed by atoms with E-state index in [1.54, 1.807) is 6.07 Å². The molecule has 36 heavy (non-hydrogen) atoms. The molecule has 2 heterocycles. The van der Waals surface area contributed by atoms with Crippen molar-refractivity contribution in [2.75, 3.05) is 5.32 Å². The van der Waals surface area contributed by atoms with Gasteiger partial charge in [-0.15, -0.1) is 0 Å². The molecule has 2 aromatic carbocycles. The zero-order valence-corrected chi connectivity index (χ0v) is 20.0. The molecule has 6 nitrogen and oxygen atoms in total. The van der Waals surface area contributed by atoms with Crippen LogP contribution in [0.3, 0.4) is 0 Å². The maximum Gasteiger partial charge on any atom is 0.490 e. The molecule has 4 rings (SSSR count). The average Bonchev–Trinajstić information content (AvgIpc) is 2.81. The molecule has 0 aliphatic rings. The molecule has 0 amide bonds. The molecule has 0 radical (unpaired) electrons. The van der Waals surface area contributed by atoms with E-state index in [1.165, 1.54) is 0 Å². The quantitative estimate of drug-likeness (QED) is 0.340. The Bertz CT molecular complexity index is 1400. The van der Waals surface area contributed by atoms with Crippen LogP contribution in [0.4, 0.5) is 24.7 Å². The van der Waals surface area contributed by atoms with Crippen molar-refractivity contribution in [2.45, 2.75) is 33.4 Å². The van der Waals surface area contributed by atoms with Crippen molar-refractivity contribution < 1.29 is 23.1 Å². The van der Waals surface area contributed by atoms with Crippen molar-refractivity contribution in [3.63, 3.8) is 0 Å². The van der Waals surface area contributed by atoms with Gasteiger partial charge in [0.2, 0.25) is 0 Å². The molecule has 9 heteroatoms. The summed E-state index contributed by atoms with van der Waals surface area (Å²) in [6, 6.07) is 23.6. The molecule has 0 atom stereocenters. The van der Waals surface area contributed by atoms with Gasteiger partial charge in [-0.2, -0.15) is 13.2 Å². The second kappa shape index (κ2) is 11.1. The molecule has 2 aromatic heterocycles. The number of carboxylic acids is 1. The molecule has 0 unspecified atom stereocenters. The number of aryl methyl sites for hydroxylation is 1. The molecular weight excluding hydrogens is 471 g/mol. The SMILES string of the molecule is Cc1nc2c(cc1CC(C)C)c(=O)cc(Nc1ccccc1)n2-c1ccccc1.O=C(O)C(F)(F)F. The first-order valence-electron chi connectivity index (χ1n) is 11.2. The van der Waals surface area contributed by atoms with Crippen molar-refractivity contribution in [1.29, 1.82) is 0 Å². The lowest BCUT2D eigenvalue weighted by molar-refractivity contribution is -0.192. The van der Waals surface area contributed by atoms with E-state index in [9.17, 15) is 18.0 Å². The van der Waals surface area contributed by atoms with E-state index in [0.29, 0.717) is 22.8 Å². The molecule has 0 bridgehead atoms. The van der Waals surface area contributed by atoms with Crippen LogP contribution in [0.1, 0.15) is 25.1 Å². The number of anilines is 2. The summed E-state index contributed by atoms with van der Waals surface area (Å²) in [5.74, 6) is -1.56. The normalized spacial score (nSPS) is 11.2. The van der Waals surface area contributed by atoms with Crippen molar-refractivity contribution in [3.8, 4) is 5.69 Å². The van der Waals surface area contributed by atoms with Crippen LogP contribution < -0.4 is 10.7 Å². The first kappa shape index (κ1) is 26.5. The van der Waals surface area contributed by atoms with E-state index in [2.05, 4.69) is 19.2 Å². The number of alkyl halides is 3. The highest BCUT2D eigenvalue weighted by atomic mass is 19.4. The number of carboxylic acid groups (broad SMARTS) is 1. The smallest absolute Gasteiger partial charge is 0.475 e. The molecular formula is C27H26F3N3O3. The Morgan fingerprint density at radius 3 is 2.11 bits per heavy atom. The number of benzene rings is 2. The number of aliphatic carboxylic acids is 1. The summed E-state index contributed by atoms with van der Waals surface area (Å²) in [5.41, 5.74) is 4.62. The molecule has 188 valence electrons. The monoisotopic (exact) mass is 497 g/mol. The van der Waals surface area contributed by atoms with Crippen molar-refractivity contribution in [2.24, 2.45) is 5.92 Å². The number of halogens is 3. The van der Waals surface area contributed by atoms with Gasteiger partial charge in [0, 0.05) is 23.1 Å². The number of rotatable bonds is 5. The highest BCUT2D eigenvalue weighted by Gasteiger charge is 2.38. The number of hydrogen-bond acceptors (Lipinski definition) is 4. The minimum atomic E-state index is -5.08. The summed E-state index contributed by atoms with van der Waals surface area (Å²) >= 11 is 0. The van der Waals surface area contributed by atoms with E-state index >= 15 is 0 Å². The van der Waals surface area contributed by atoms with E-state index in [0.717, 1.165) is 29.1 Å². The van der Waals surface area contributed by atoms with Crippen molar-refractivity contribution in [1.82, 2.24) is 9.55 Å². The van der Waals surface area contributed by atoms with Crippen LogP contribution in [0.2, 0.25) is 0 Å². The van der Waals surface area contributed by atoms with Gasteiger partial charge in [-0.25, -0.2) is 9.78 Å². The summed E-state index contributed by atoms with van der Waals surface area (Å²) in [4.78, 5) is 26.8. The lowest BCUT2D eigenvalue weighted by atomic mass is 10.0. The first-order valence-corrected chi connectivity index (χ1v) is 11.2. The highest BCUT2D eigenvalue weighted by molar-refractivity contribution is 5.82. The number of pyridine rings is 2. The number of para-hydroxylation sites is 2. The third-order valence-corrected chi connectivity index (χ3v) is 5.22. The van der Waals surface area contributed by atoms with Gasteiger partial charge in [-0.1, -0.05) is 50.2 Å². The molecule has 4 aromatic rings. The lowest BCUT2D eigenvalue weighted by Crippen LogP contribution is -2.21. The standard InChI is InChI=1S/C25H25N3O.C2HF3O2/c1-17(2)14-19-15-22-23(29)16-24(27-20-10-6-4-7-11-20)28(25(22)26-18(19)3)21-12-8-5-9-13-21;3-2(4,5)1(6)7/h4-13,15-17,27H,14H2,1-3H3;(H,6,7). The molecule has 0 fully saturated rings. The summed E-state index contributed by atoms with van der Waals surface area (Å²) in [6.07, 6.45) is -4.18. The largest absolute Gasteiger partial charge is 0.490 e. The van der Waals surface area contributed by atoms with Crippen molar-refractivity contribution >= 4 is 28.5 Å². The fraction of sp³-hybridized carbons (Fsp3) is 0.222. The Labute approximate surface area is 206 Å². The predicted octanol–water partition coefficient (Wildman–Crippen LogP) is 6.27. The maximum atomic E-state index is 13.0. The zero-order chi connectivity index (χ0) is 26.5. The number of nitrogens with zero attached hydrogens (tertiary/aromatic N) is 2. The number of carbonyl (C=O) groups is 1. The van der Waals surface area contributed by atoms with Crippen LogP contribution in [0.5, 0.6) is 0 Å². The summed E-state index contributed by atoms with van der Waals surface area (Å²) in [5, 5.41) is 11.2. The number of aromatic nitrogens is 2. The van der Waals surface area contributed by atoms with Crippen LogP contribution >= 0.6 is 0 Å². The molecule has 0 aliphatic heterocycles. The van der Waals surface area contributed by atoms with Gasteiger partial charge in [-0.05, 0) is 55.2 Å².